The summed E-state index contributed by atoms with van der Waals surface area (Å²) in [6.45, 7) is 3.53. The van der Waals surface area contributed by atoms with Crippen molar-refractivity contribution in [1.29, 1.82) is 0 Å². The molecule has 0 aromatic carbocycles. The standard InChI is InChI=1S/C42H70O12S/c1-3-5-7-9-11-13-15-17-18-19-21-23-25-27-29-31-38(44)53-35(33-52-42-41(47)40(46)39(45)36(54-42)34-55(48,49)50)32-51-37(43)30-28-26-24-22-20-16-14-12-10-8-6-4-2/h5,7,11,13,17-18,21,23,27,29,35-36,39-42,45-47H,3-4,6,8-10,12,14-16,19-20,22,24-26,28,30-34H2,1-2H3,(H,48,49,50)/b7-5-,13-11-,18-17-,23-21-,29-27-. The van der Waals surface area contributed by atoms with E-state index in [1.807, 2.05) is 18.2 Å². The van der Waals surface area contributed by atoms with Crippen molar-refractivity contribution in [2.24, 2.45) is 0 Å². The Morgan fingerprint density at radius 1 is 0.636 bits per heavy atom. The number of unbranched alkanes of at least 4 members (excludes halogenated alkanes) is 11. The first-order chi connectivity index (χ1) is 26.5. The molecule has 1 aliphatic heterocycles. The van der Waals surface area contributed by atoms with Crippen LogP contribution in [-0.4, -0.2) is 96.0 Å². The van der Waals surface area contributed by atoms with Gasteiger partial charge in [-0.2, -0.15) is 8.42 Å². The summed E-state index contributed by atoms with van der Waals surface area (Å²) >= 11 is 0. The molecule has 0 bridgehead atoms. The second-order valence-corrected chi connectivity index (χ2v) is 15.4. The van der Waals surface area contributed by atoms with Crippen LogP contribution in [0.2, 0.25) is 0 Å². The molecule has 55 heavy (non-hydrogen) atoms. The van der Waals surface area contributed by atoms with Crippen molar-refractivity contribution in [3.63, 3.8) is 0 Å². The van der Waals surface area contributed by atoms with Crippen molar-refractivity contribution in [3.8, 4) is 0 Å². The van der Waals surface area contributed by atoms with Gasteiger partial charge < -0.3 is 34.3 Å². The Balaban J connectivity index is 2.58. The lowest BCUT2D eigenvalue weighted by Crippen LogP contribution is -2.60. The third-order valence-corrected chi connectivity index (χ3v) is 9.64. The van der Waals surface area contributed by atoms with Gasteiger partial charge in [0.1, 0.15) is 36.8 Å². The minimum atomic E-state index is -4.61. The van der Waals surface area contributed by atoms with Gasteiger partial charge in [0.15, 0.2) is 12.4 Å². The summed E-state index contributed by atoms with van der Waals surface area (Å²) in [5, 5.41) is 30.8. The Labute approximate surface area is 330 Å². The molecule has 12 nitrogen and oxygen atoms in total. The van der Waals surface area contributed by atoms with Gasteiger partial charge in [0, 0.05) is 6.42 Å². The third kappa shape index (κ3) is 27.6. The molecule has 0 aromatic rings. The van der Waals surface area contributed by atoms with E-state index >= 15 is 0 Å². The van der Waals surface area contributed by atoms with Gasteiger partial charge in [0.2, 0.25) is 0 Å². The fraction of sp³-hybridized carbons (Fsp3) is 0.714. The van der Waals surface area contributed by atoms with E-state index in [-0.39, 0.29) is 19.4 Å². The van der Waals surface area contributed by atoms with Crippen molar-refractivity contribution in [1.82, 2.24) is 0 Å². The summed E-state index contributed by atoms with van der Waals surface area (Å²) in [5.74, 6) is -2.15. The Morgan fingerprint density at radius 3 is 1.64 bits per heavy atom. The molecule has 13 heteroatoms. The molecule has 1 fully saturated rings. The SMILES string of the molecule is CC/C=C\C/C=C\C/C=C\C/C=C\C/C=C\CC(=O)OC(COC(=O)CCCCCCCCCCCCCC)COC1OC(CS(=O)(=O)O)C(O)C(O)C1O. The van der Waals surface area contributed by atoms with Gasteiger partial charge in [-0.3, -0.25) is 14.1 Å². The maximum atomic E-state index is 12.7. The number of aliphatic hydroxyl groups excluding tert-OH is 3. The van der Waals surface area contributed by atoms with Crippen LogP contribution in [0.1, 0.15) is 136 Å². The first-order valence-corrected chi connectivity index (χ1v) is 22.0. The molecule has 0 saturated carbocycles. The van der Waals surface area contributed by atoms with Crippen molar-refractivity contribution in [2.75, 3.05) is 19.0 Å². The van der Waals surface area contributed by atoms with E-state index in [0.717, 1.165) is 44.9 Å². The molecule has 1 aliphatic rings. The zero-order valence-electron chi connectivity index (χ0n) is 33.3. The Bertz CT molecular complexity index is 1260. The predicted octanol–water partition coefficient (Wildman–Crippen LogP) is 7.39. The fourth-order valence-electron chi connectivity index (χ4n) is 5.75. The van der Waals surface area contributed by atoms with Crippen LogP contribution < -0.4 is 0 Å². The highest BCUT2D eigenvalue weighted by Crippen LogP contribution is 2.24. The molecule has 316 valence electrons. The monoisotopic (exact) mass is 798 g/mol. The summed E-state index contributed by atoms with van der Waals surface area (Å²) in [6, 6.07) is 0. The maximum Gasteiger partial charge on any atom is 0.310 e. The molecule has 6 atom stereocenters. The highest BCUT2D eigenvalue weighted by atomic mass is 32.2. The summed E-state index contributed by atoms with van der Waals surface area (Å²) < 4.78 is 53.7. The van der Waals surface area contributed by atoms with E-state index in [1.165, 1.54) is 51.4 Å². The first-order valence-electron chi connectivity index (χ1n) is 20.3. The molecule has 0 radical (unpaired) electrons. The first kappa shape index (κ1) is 50.4. The smallest absolute Gasteiger partial charge is 0.310 e. The Hall–Kier alpha value is -2.65. The number of allylic oxidation sites excluding steroid dienone is 9. The van der Waals surface area contributed by atoms with Gasteiger partial charge in [-0.05, 0) is 38.5 Å². The lowest BCUT2D eigenvalue weighted by molar-refractivity contribution is -0.297. The van der Waals surface area contributed by atoms with E-state index in [4.69, 9.17) is 18.9 Å². The molecule has 0 aliphatic carbocycles. The minimum absolute atomic E-state index is 0.0687. The Morgan fingerprint density at radius 2 is 1.13 bits per heavy atom. The molecule has 1 heterocycles. The van der Waals surface area contributed by atoms with E-state index < -0.39 is 71.2 Å². The summed E-state index contributed by atoms with van der Waals surface area (Å²) in [4.78, 5) is 25.2. The van der Waals surface area contributed by atoms with E-state index in [2.05, 4.69) is 50.3 Å². The molecular formula is C42H70O12S. The molecular weight excluding hydrogens is 729 g/mol. The van der Waals surface area contributed by atoms with Crippen molar-refractivity contribution < 1.29 is 56.8 Å². The van der Waals surface area contributed by atoms with Crippen LogP contribution in [0.4, 0.5) is 0 Å². The number of rotatable bonds is 32. The molecule has 4 N–H and O–H groups in total. The Kier molecular flexibility index (Phi) is 29.7. The minimum Gasteiger partial charge on any atom is -0.462 e. The lowest BCUT2D eigenvalue weighted by atomic mass is 10.00. The number of hydrogen-bond acceptors (Lipinski definition) is 11. The average Bonchev–Trinajstić information content (AvgIpc) is 3.14. The van der Waals surface area contributed by atoms with Gasteiger partial charge in [0.25, 0.3) is 10.1 Å². The van der Waals surface area contributed by atoms with E-state index in [0.29, 0.717) is 12.8 Å². The summed E-state index contributed by atoms with van der Waals surface area (Å²) in [5.41, 5.74) is 0. The van der Waals surface area contributed by atoms with Crippen LogP contribution in [0, 0.1) is 0 Å². The van der Waals surface area contributed by atoms with Gasteiger partial charge in [-0.25, -0.2) is 0 Å². The molecule has 1 rings (SSSR count). The normalized spacial score (nSPS) is 21.5. The van der Waals surface area contributed by atoms with Crippen LogP contribution in [0.15, 0.2) is 60.8 Å². The van der Waals surface area contributed by atoms with Gasteiger partial charge in [0.05, 0.1) is 13.0 Å². The number of aliphatic hydroxyl groups is 3. The van der Waals surface area contributed by atoms with Gasteiger partial charge >= 0.3 is 11.9 Å². The zero-order chi connectivity index (χ0) is 40.6. The average molecular weight is 799 g/mol. The quantitative estimate of drug-likeness (QED) is 0.0229. The van der Waals surface area contributed by atoms with Gasteiger partial charge in [-0.15, -0.1) is 0 Å². The molecule has 0 aromatic heterocycles. The van der Waals surface area contributed by atoms with Crippen molar-refractivity contribution in [2.45, 2.75) is 173 Å². The van der Waals surface area contributed by atoms with Crippen LogP contribution in [0.5, 0.6) is 0 Å². The zero-order valence-corrected chi connectivity index (χ0v) is 34.1. The van der Waals surface area contributed by atoms with Crippen LogP contribution >= 0.6 is 0 Å². The lowest BCUT2D eigenvalue weighted by Gasteiger charge is -2.40. The topological polar surface area (TPSA) is 186 Å². The molecule has 1 saturated heterocycles. The fourth-order valence-corrected chi connectivity index (χ4v) is 6.44. The largest absolute Gasteiger partial charge is 0.462 e. The molecule has 0 spiro atoms. The van der Waals surface area contributed by atoms with Gasteiger partial charge in [-0.1, -0.05) is 145 Å². The van der Waals surface area contributed by atoms with Crippen molar-refractivity contribution >= 4 is 22.1 Å². The van der Waals surface area contributed by atoms with Crippen LogP contribution in [0.25, 0.3) is 0 Å². The van der Waals surface area contributed by atoms with Crippen molar-refractivity contribution in [3.05, 3.63) is 60.8 Å². The van der Waals surface area contributed by atoms with Crippen LogP contribution in [0.3, 0.4) is 0 Å². The predicted molar refractivity (Wildman–Crippen MR) is 215 cm³/mol. The molecule has 0 amide bonds. The summed E-state index contributed by atoms with van der Waals surface area (Å²) in [7, 11) is -4.61. The number of hydrogen-bond donors (Lipinski definition) is 4. The number of carbonyl (C=O) groups is 2. The second-order valence-electron chi connectivity index (χ2n) is 13.9. The highest BCUT2D eigenvalue weighted by Gasteiger charge is 2.46. The summed E-state index contributed by atoms with van der Waals surface area (Å²) in [6.07, 6.45) is 28.8. The van der Waals surface area contributed by atoms with E-state index in [9.17, 15) is 37.9 Å². The number of ether oxygens (including phenoxy) is 4. The second kappa shape index (κ2) is 32.4. The molecule has 6 unspecified atom stereocenters. The number of carbonyl (C=O) groups excluding carboxylic acids is 2. The third-order valence-electron chi connectivity index (χ3n) is 8.89. The maximum absolute atomic E-state index is 12.7. The highest BCUT2D eigenvalue weighted by molar-refractivity contribution is 7.85. The number of esters is 2. The van der Waals surface area contributed by atoms with E-state index in [1.54, 1.807) is 6.08 Å². The van der Waals surface area contributed by atoms with Crippen LogP contribution in [-0.2, 0) is 38.7 Å².